The predicted octanol–water partition coefficient (Wildman–Crippen LogP) is 3.75. The quantitative estimate of drug-likeness (QED) is 0.353. The molecule has 3 aromatic rings. The number of nitrogens with two attached hydrogens (primary N) is 1. The first-order valence-electron chi connectivity index (χ1n) is 8.84. The van der Waals surface area contributed by atoms with Crippen LogP contribution in [0.1, 0.15) is 30.9 Å². The van der Waals surface area contributed by atoms with Crippen molar-refractivity contribution in [3.63, 3.8) is 0 Å². The number of ether oxygens (including phenoxy) is 1. The third-order valence-electron chi connectivity index (χ3n) is 3.88. The smallest absolute Gasteiger partial charge is 0.244 e. The molecule has 0 atom stereocenters. The predicted molar refractivity (Wildman–Crippen MR) is 110 cm³/mol. The van der Waals surface area contributed by atoms with Gasteiger partial charge >= 0.3 is 0 Å². The van der Waals surface area contributed by atoms with Crippen molar-refractivity contribution in [1.82, 2.24) is 10.4 Å². The highest BCUT2D eigenvalue weighted by Gasteiger charge is 2.06. The Bertz CT molecular complexity index is 935. The van der Waals surface area contributed by atoms with E-state index in [4.69, 9.17) is 10.5 Å². The number of carbonyl (C=O) groups is 1. The number of thiazole rings is 1. The van der Waals surface area contributed by atoms with Crippen molar-refractivity contribution in [2.75, 3.05) is 12.3 Å². The molecule has 6 nitrogen and oxygen atoms in total. The maximum absolute atomic E-state index is 12.1. The molecule has 0 saturated carbocycles. The van der Waals surface area contributed by atoms with Gasteiger partial charge in [0.1, 0.15) is 5.75 Å². The second-order valence-corrected chi connectivity index (χ2v) is 7.16. The Morgan fingerprint density at radius 2 is 2.11 bits per heavy atom. The number of rotatable bonds is 8. The Hall–Kier alpha value is -2.93. The van der Waals surface area contributed by atoms with Crippen LogP contribution >= 0.6 is 11.3 Å². The Morgan fingerprint density at radius 1 is 1.30 bits per heavy atom. The highest BCUT2D eigenvalue weighted by molar-refractivity contribution is 7.22. The summed E-state index contributed by atoms with van der Waals surface area (Å²) in [4.78, 5) is 16.3. The minimum atomic E-state index is -0.178. The van der Waals surface area contributed by atoms with Gasteiger partial charge in [0.25, 0.3) is 0 Å². The Morgan fingerprint density at radius 3 is 2.89 bits per heavy atom. The van der Waals surface area contributed by atoms with Crippen LogP contribution in [0.3, 0.4) is 0 Å². The van der Waals surface area contributed by atoms with E-state index in [1.165, 1.54) is 11.3 Å². The van der Waals surface area contributed by atoms with Gasteiger partial charge in [-0.2, -0.15) is 5.10 Å². The van der Waals surface area contributed by atoms with Crippen molar-refractivity contribution in [3.8, 4) is 5.75 Å². The van der Waals surface area contributed by atoms with Gasteiger partial charge in [-0.25, -0.2) is 10.4 Å². The zero-order chi connectivity index (χ0) is 19.1. The van der Waals surface area contributed by atoms with Gasteiger partial charge < -0.3 is 10.5 Å². The number of aromatic nitrogens is 1. The van der Waals surface area contributed by atoms with E-state index in [2.05, 4.69) is 22.4 Å². The van der Waals surface area contributed by atoms with Crippen molar-refractivity contribution in [3.05, 3.63) is 53.6 Å². The lowest BCUT2D eigenvalue weighted by Crippen LogP contribution is -2.19. The number of nitrogens with zero attached hydrogens (tertiary/aromatic N) is 2. The molecule has 0 bridgehead atoms. The zero-order valence-corrected chi connectivity index (χ0v) is 16.0. The lowest BCUT2D eigenvalue weighted by molar-refractivity contribution is -0.120. The molecule has 7 heteroatoms. The number of benzene rings is 2. The third kappa shape index (κ3) is 5.52. The molecular formula is C20H22N4O2S. The number of nitrogens with one attached hydrogen (secondary N) is 1. The molecule has 2 aromatic carbocycles. The summed E-state index contributed by atoms with van der Waals surface area (Å²) in [6.45, 7) is 2.85. The van der Waals surface area contributed by atoms with Crippen LogP contribution in [-0.4, -0.2) is 23.7 Å². The van der Waals surface area contributed by atoms with Crippen LogP contribution in [0.2, 0.25) is 0 Å². The summed E-state index contributed by atoms with van der Waals surface area (Å²) >= 11 is 1.41. The van der Waals surface area contributed by atoms with E-state index < -0.39 is 0 Å². The summed E-state index contributed by atoms with van der Waals surface area (Å²) in [7, 11) is 0. The van der Waals surface area contributed by atoms with E-state index in [0.29, 0.717) is 5.13 Å². The Kier molecular flexibility index (Phi) is 6.38. The molecule has 0 spiro atoms. The van der Waals surface area contributed by atoms with Gasteiger partial charge in [0.2, 0.25) is 5.91 Å². The number of anilines is 1. The van der Waals surface area contributed by atoms with Gasteiger partial charge in [0, 0.05) is 0 Å². The molecular weight excluding hydrogens is 360 g/mol. The minimum Gasteiger partial charge on any atom is -0.494 e. The minimum absolute atomic E-state index is 0.178. The summed E-state index contributed by atoms with van der Waals surface area (Å²) in [5, 5.41) is 4.54. The van der Waals surface area contributed by atoms with Crippen LogP contribution in [0.5, 0.6) is 5.75 Å². The molecule has 0 unspecified atom stereocenters. The average molecular weight is 382 g/mol. The Balaban J connectivity index is 1.50. The van der Waals surface area contributed by atoms with Crippen molar-refractivity contribution in [1.29, 1.82) is 0 Å². The summed E-state index contributed by atoms with van der Waals surface area (Å²) < 4.78 is 6.59. The standard InChI is InChI=1S/C20H22N4O2S/c1-2-3-10-26-16-7-4-14(5-8-16)13-22-24-19(25)12-15-6-9-17-18(11-15)27-20(21)23-17/h4-9,11,13H,2-3,10,12H2,1H3,(H2,21,23)(H,24,25)/b22-13-. The first kappa shape index (κ1) is 18.8. The first-order valence-corrected chi connectivity index (χ1v) is 9.65. The molecule has 1 heterocycles. The van der Waals surface area contributed by atoms with Gasteiger partial charge in [-0.05, 0) is 53.9 Å². The van der Waals surface area contributed by atoms with Crippen LogP contribution < -0.4 is 15.9 Å². The molecule has 3 N–H and O–H groups in total. The molecule has 0 saturated heterocycles. The molecule has 27 heavy (non-hydrogen) atoms. The fourth-order valence-electron chi connectivity index (χ4n) is 2.49. The molecule has 1 amide bonds. The molecule has 0 aliphatic rings. The van der Waals surface area contributed by atoms with Gasteiger partial charge in [-0.1, -0.05) is 30.7 Å². The molecule has 3 rings (SSSR count). The monoisotopic (exact) mass is 382 g/mol. The highest BCUT2D eigenvalue weighted by Crippen LogP contribution is 2.24. The lowest BCUT2D eigenvalue weighted by Gasteiger charge is -2.05. The van der Waals surface area contributed by atoms with Crippen LogP contribution in [0.4, 0.5) is 5.13 Å². The topological polar surface area (TPSA) is 89.6 Å². The molecule has 1 aromatic heterocycles. The van der Waals surface area contributed by atoms with E-state index in [1.54, 1.807) is 6.21 Å². The number of carbonyl (C=O) groups excluding carboxylic acids is 1. The van der Waals surface area contributed by atoms with Gasteiger partial charge in [0.05, 0.1) is 29.5 Å². The number of amides is 1. The molecule has 0 fully saturated rings. The first-order chi connectivity index (χ1) is 13.1. The maximum atomic E-state index is 12.1. The second kappa shape index (κ2) is 9.14. The highest BCUT2D eigenvalue weighted by atomic mass is 32.1. The van der Waals surface area contributed by atoms with Crippen LogP contribution in [0.15, 0.2) is 47.6 Å². The normalized spacial score (nSPS) is 11.1. The average Bonchev–Trinajstić information content (AvgIpc) is 3.02. The molecule has 140 valence electrons. The van der Waals surface area contributed by atoms with Crippen molar-refractivity contribution < 1.29 is 9.53 Å². The fourth-order valence-corrected chi connectivity index (χ4v) is 3.28. The lowest BCUT2D eigenvalue weighted by atomic mass is 10.1. The number of nitrogen functional groups attached to an aromatic ring is 1. The Labute approximate surface area is 162 Å². The summed E-state index contributed by atoms with van der Waals surface area (Å²) in [5.74, 6) is 0.659. The number of hydrogen-bond donors (Lipinski definition) is 2. The number of unbranched alkanes of at least 4 members (excludes halogenated alkanes) is 1. The van der Waals surface area contributed by atoms with Crippen molar-refractivity contribution in [2.24, 2.45) is 5.10 Å². The van der Waals surface area contributed by atoms with Crippen LogP contribution in [0.25, 0.3) is 10.2 Å². The van der Waals surface area contributed by atoms with Gasteiger partial charge in [-0.15, -0.1) is 0 Å². The van der Waals surface area contributed by atoms with Crippen molar-refractivity contribution >= 4 is 38.8 Å². The number of fused-ring (bicyclic) bond motifs is 1. The maximum Gasteiger partial charge on any atom is 0.244 e. The zero-order valence-electron chi connectivity index (χ0n) is 15.1. The van der Waals surface area contributed by atoms with E-state index >= 15 is 0 Å². The second-order valence-electron chi connectivity index (χ2n) is 6.10. The van der Waals surface area contributed by atoms with Gasteiger partial charge in [-0.3, -0.25) is 4.79 Å². The molecule has 0 radical (unpaired) electrons. The third-order valence-corrected chi connectivity index (χ3v) is 4.73. The number of hydrogen-bond acceptors (Lipinski definition) is 6. The SMILES string of the molecule is CCCCOc1ccc(/C=N\NC(=O)Cc2ccc3nc(N)sc3c2)cc1. The molecule has 0 aliphatic heterocycles. The largest absolute Gasteiger partial charge is 0.494 e. The summed E-state index contributed by atoms with van der Waals surface area (Å²) in [6.07, 6.45) is 4.01. The van der Waals surface area contributed by atoms with Crippen LogP contribution in [-0.2, 0) is 11.2 Å². The molecule has 0 aliphatic carbocycles. The van der Waals surface area contributed by atoms with E-state index in [9.17, 15) is 4.79 Å². The van der Waals surface area contributed by atoms with E-state index in [0.717, 1.165) is 46.5 Å². The number of hydrazone groups is 1. The van der Waals surface area contributed by atoms with Gasteiger partial charge in [0.15, 0.2) is 5.13 Å². The fraction of sp³-hybridized carbons (Fsp3) is 0.250. The van der Waals surface area contributed by atoms with Crippen molar-refractivity contribution in [2.45, 2.75) is 26.2 Å². The van der Waals surface area contributed by atoms with Crippen LogP contribution in [0, 0.1) is 0 Å². The summed E-state index contributed by atoms with van der Waals surface area (Å²) in [5.41, 5.74) is 10.9. The van der Waals surface area contributed by atoms with E-state index in [1.807, 2.05) is 42.5 Å². The summed E-state index contributed by atoms with van der Waals surface area (Å²) in [6, 6.07) is 13.3. The van der Waals surface area contributed by atoms with E-state index in [-0.39, 0.29) is 12.3 Å².